The summed E-state index contributed by atoms with van der Waals surface area (Å²) in [5.41, 5.74) is 1.05. The van der Waals surface area contributed by atoms with E-state index < -0.39 is 0 Å². The van der Waals surface area contributed by atoms with Crippen LogP contribution in [-0.2, 0) is 0 Å². The van der Waals surface area contributed by atoms with Gasteiger partial charge in [-0.25, -0.2) is 0 Å². The van der Waals surface area contributed by atoms with E-state index in [9.17, 15) is 0 Å². The highest BCUT2D eigenvalue weighted by molar-refractivity contribution is 9.10. The summed E-state index contributed by atoms with van der Waals surface area (Å²) in [5.74, 6) is 0.598. The number of benzene rings is 1. The Morgan fingerprint density at radius 1 is 1.29 bits per heavy atom. The second-order valence-corrected chi connectivity index (χ2v) is 5.09. The molecular weight excluding hydrogens is 261 g/mol. The molecule has 0 fully saturated rings. The fourth-order valence-electron chi connectivity index (χ4n) is 1.02. The molecule has 0 aromatic heterocycles. The van der Waals surface area contributed by atoms with Crippen molar-refractivity contribution >= 4 is 33.2 Å². The highest BCUT2D eigenvalue weighted by atomic mass is 79.9. The van der Waals surface area contributed by atoms with Gasteiger partial charge in [0.1, 0.15) is 0 Å². The molecule has 0 radical (unpaired) electrons. The molecule has 1 unspecified atom stereocenters. The first-order valence-electron chi connectivity index (χ1n) is 4.72. The van der Waals surface area contributed by atoms with Crippen LogP contribution in [0.2, 0.25) is 5.02 Å². The minimum Gasteiger partial charge on any atom is -0.381 e. The van der Waals surface area contributed by atoms with E-state index in [1.807, 2.05) is 18.2 Å². The first-order valence-corrected chi connectivity index (χ1v) is 5.89. The van der Waals surface area contributed by atoms with Gasteiger partial charge in [0, 0.05) is 15.5 Å². The van der Waals surface area contributed by atoms with Crippen molar-refractivity contribution in [3.05, 3.63) is 27.7 Å². The molecule has 1 N–H and O–H groups in total. The third-order valence-corrected chi connectivity index (χ3v) is 3.24. The fraction of sp³-hybridized carbons (Fsp3) is 0.455. The molecule has 0 aliphatic rings. The van der Waals surface area contributed by atoms with E-state index in [1.54, 1.807) is 0 Å². The van der Waals surface area contributed by atoms with Crippen molar-refractivity contribution < 1.29 is 0 Å². The van der Waals surface area contributed by atoms with Gasteiger partial charge in [-0.1, -0.05) is 25.4 Å². The van der Waals surface area contributed by atoms with Crippen LogP contribution in [0.5, 0.6) is 0 Å². The second kappa shape index (κ2) is 5.04. The highest BCUT2D eigenvalue weighted by Crippen LogP contribution is 2.27. The number of hydrogen-bond acceptors (Lipinski definition) is 1. The van der Waals surface area contributed by atoms with Gasteiger partial charge < -0.3 is 5.32 Å². The fourth-order valence-corrected chi connectivity index (χ4v) is 1.55. The van der Waals surface area contributed by atoms with Gasteiger partial charge >= 0.3 is 0 Å². The smallest absolute Gasteiger partial charge is 0.0501 e. The summed E-state index contributed by atoms with van der Waals surface area (Å²) in [6, 6.07) is 6.20. The maximum absolute atomic E-state index is 5.92. The van der Waals surface area contributed by atoms with Crippen molar-refractivity contribution in [2.75, 3.05) is 5.32 Å². The Kier molecular flexibility index (Phi) is 4.27. The summed E-state index contributed by atoms with van der Waals surface area (Å²) in [5, 5.41) is 4.18. The lowest BCUT2D eigenvalue weighted by Gasteiger charge is -2.19. The van der Waals surface area contributed by atoms with Crippen LogP contribution >= 0.6 is 27.5 Å². The molecular formula is C11H15BrClN. The highest BCUT2D eigenvalue weighted by Gasteiger charge is 2.08. The van der Waals surface area contributed by atoms with Crippen LogP contribution in [0.4, 0.5) is 5.69 Å². The number of nitrogens with one attached hydrogen (secondary N) is 1. The Balaban J connectivity index is 2.80. The lowest BCUT2D eigenvalue weighted by atomic mass is 10.1. The van der Waals surface area contributed by atoms with Crippen LogP contribution in [0.1, 0.15) is 20.8 Å². The van der Waals surface area contributed by atoms with E-state index in [1.165, 1.54) is 0 Å². The molecule has 0 bridgehead atoms. The molecule has 0 amide bonds. The van der Waals surface area contributed by atoms with E-state index in [-0.39, 0.29) is 0 Å². The van der Waals surface area contributed by atoms with Gasteiger partial charge in [-0.3, -0.25) is 0 Å². The molecule has 1 atom stereocenters. The van der Waals surface area contributed by atoms with Gasteiger partial charge in [0.25, 0.3) is 0 Å². The van der Waals surface area contributed by atoms with Gasteiger partial charge in [0.15, 0.2) is 0 Å². The third-order valence-electron chi connectivity index (χ3n) is 2.31. The van der Waals surface area contributed by atoms with Crippen LogP contribution in [0.15, 0.2) is 22.7 Å². The molecule has 1 rings (SSSR count). The van der Waals surface area contributed by atoms with Gasteiger partial charge in [-0.05, 0) is 47.0 Å². The molecule has 0 aliphatic heterocycles. The van der Waals surface area contributed by atoms with Crippen molar-refractivity contribution in [2.45, 2.75) is 26.8 Å². The largest absolute Gasteiger partial charge is 0.381 e. The Bertz CT molecular complexity index is 312. The predicted molar refractivity (Wildman–Crippen MR) is 67.1 cm³/mol. The van der Waals surface area contributed by atoms with Crippen molar-refractivity contribution in [2.24, 2.45) is 5.92 Å². The van der Waals surface area contributed by atoms with E-state index in [0.29, 0.717) is 12.0 Å². The Hall–Kier alpha value is -0.210. The van der Waals surface area contributed by atoms with Crippen LogP contribution < -0.4 is 5.32 Å². The second-order valence-electron chi connectivity index (χ2n) is 3.80. The SMILES string of the molecule is CC(C)C(C)Nc1cc(Cl)ccc1Br. The Morgan fingerprint density at radius 3 is 2.50 bits per heavy atom. The quantitative estimate of drug-likeness (QED) is 0.853. The molecule has 78 valence electrons. The predicted octanol–water partition coefficient (Wildman–Crippen LogP) is 4.56. The maximum Gasteiger partial charge on any atom is 0.0501 e. The summed E-state index contributed by atoms with van der Waals surface area (Å²) in [6.45, 7) is 6.55. The number of anilines is 1. The van der Waals surface area contributed by atoms with E-state index in [4.69, 9.17) is 11.6 Å². The van der Waals surface area contributed by atoms with Crippen molar-refractivity contribution in [3.8, 4) is 0 Å². The summed E-state index contributed by atoms with van der Waals surface area (Å²) >= 11 is 9.41. The Labute approximate surface area is 99.0 Å². The molecule has 0 saturated carbocycles. The standard InChI is InChI=1S/C11H15BrClN/c1-7(2)8(3)14-11-6-9(13)4-5-10(11)12/h4-8,14H,1-3H3. The van der Waals surface area contributed by atoms with E-state index >= 15 is 0 Å². The number of halogens is 2. The molecule has 1 aromatic carbocycles. The first-order chi connectivity index (χ1) is 6.50. The molecule has 0 heterocycles. The monoisotopic (exact) mass is 275 g/mol. The molecule has 1 nitrogen and oxygen atoms in total. The zero-order valence-electron chi connectivity index (χ0n) is 8.64. The lowest BCUT2D eigenvalue weighted by molar-refractivity contribution is 0.560. The normalized spacial score (nSPS) is 13.0. The van der Waals surface area contributed by atoms with Gasteiger partial charge in [0.2, 0.25) is 0 Å². The lowest BCUT2D eigenvalue weighted by Crippen LogP contribution is -2.21. The average Bonchev–Trinajstić information content (AvgIpc) is 2.11. The maximum atomic E-state index is 5.92. The van der Waals surface area contributed by atoms with E-state index in [2.05, 4.69) is 42.0 Å². The van der Waals surface area contributed by atoms with Crippen LogP contribution in [-0.4, -0.2) is 6.04 Å². The average molecular weight is 277 g/mol. The van der Waals surface area contributed by atoms with Crippen LogP contribution in [0.3, 0.4) is 0 Å². The molecule has 14 heavy (non-hydrogen) atoms. The molecule has 0 saturated heterocycles. The molecule has 0 spiro atoms. The van der Waals surface area contributed by atoms with Gasteiger partial charge in [0.05, 0.1) is 5.69 Å². The van der Waals surface area contributed by atoms with Gasteiger partial charge in [-0.15, -0.1) is 0 Å². The summed E-state index contributed by atoms with van der Waals surface area (Å²) in [6.07, 6.45) is 0. The zero-order chi connectivity index (χ0) is 10.7. The first kappa shape index (κ1) is 11.9. The minimum atomic E-state index is 0.435. The molecule has 0 aliphatic carbocycles. The third kappa shape index (κ3) is 3.18. The Morgan fingerprint density at radius 2 is 1.93 bits per heavy atom. The molecule has 1 aromatic rings. The van der Waals surface area contributed by atoms with Crippen molar-refractivity contribution in [1.29, 1.82) is 0 Å². The minimum absolute atomic E-state index is 0.435. The summed E-state index contributed by atoms with van der Waals surface area (Å²) in [4.78, 5) is 0. The topological polar surface area (TPSA) is 12.0 Å². The van der Waals surface area contributed by atoms with Crippen LogP contribution in [0.25, 0.3) is 0 Å². The van der Waals surface area contributed by atoms with Crippen molar-refractivity contribution in [3.63, 3.8) is 0 Å². The molecule has 3 heteroatoms. The number of rotatable bonds is 3. The van der Waals surface area contributed by atoms with Crippen LogP contribution in [0, 0.1) is 5.92 Å². The summed E-state index contributed by atoms with van der Waals surface area (Å²) in [7, 11) is 0. The number of hydrogen-bond donors (Lipinski definition) is 1. The zero-order valence-corrected chi connectivity index (χ0v) is 11.0. The van der Waals surface area contributed by atoms with Crippen molar-refractivity contribution in [1.82, 2.24) is 0 Å². The van der Waals surface area contributed by atoms with Gasteiger partial charge in [-0.2, -0.15) is 0 Å². The summed E-state index contributed by atoms with van der Waals surface area (Å²) < 4.78 is 1.05. The van der Waals surface area contributed by atoms with E-state index in [0.717, 1.165) is 15.2 Å².